The molecule has 0 bridgehead atoms. The van der Waals surface area contributed by atoms with E-state index in [0.29, 0.717) is 6.42 Å². The third-order valence-corrected chi connectivity index (χ3v) is 2.67. The summed E-state index contributed by atoms with van der Waals surface area (Å²) in [6.45, 7) is 0. The van der Waals surface area contributed by atoms with E-state index in [1.54, 1.807) is 12.1 Å². The summed E-state index contributed by atoms with van der Waals surface area (Å²) in [7, 11) is 0. The molecular weight excluding hydrogens is 191 g/mol. The first-order valence-electron chi connectivity index (χ1n) is 5.25. The Morgan fingerprint density at radius 1 is 1.07 bits per heavy atom. The van der Waals surface area contributed by atoms with Crippen LogP contribution >= 0.6 is 0 Å². The van der Waals surface area contributed by atoms with E-state index in [1.807, 2.05) is 6.08 Å². The van der Waals surface area contributed by atoms with Crippen LogP contribution in [0, 0.1) is 5.82 Å². The van der Waals surface area contributed by atoms with Gasteiger partial charge in [-0.2, -0.15) is 0 Å². The van der Waals surface area contributed by atoms with E-state index in [2.05, 4.69) is 0 Å². The second-order valence-corrected chi connectivity index (χ2v) is 3.85. The first-order valence-corrected chi connectivity index (χ1v) is 5.25. The lowest BCUT2D eigenvalue weighted by molar-refractivity contribution is -0.116. The third-order valence-electron chi connectivity index (χ3n) is 2.67. The molecular formula is C13H13FO. The van der Waals surface area contributed by atoms with Gasteiger partial charge in [-0.05, 0) is 48.6 Å². The molecule has 1 aliphatic rings. The van der Waals surface area contributed by atoms with Gasteiger partial charge in [0.15, 0.2) is 5.78 Å². The predicted molar refractivity (Wildman–Crippen MR) is 57.9 cm³/mol. The zero-order chi connectivity index (χ0) is 10.7. The fourth-order valence-corrected chi connectivity index (χ4v) is 1.81. The lowest BCUT2D eigenvalue weighted by atomic mass is 9.92. The second-order valence-electron chi connectivity index (χ2n) is 3.85. The first-order chi connectivity index (χ1) is 7.25. The molecule has 0 saturated heterocycles. The molecule has 1 saturated carbocycles. The van der Waals surface area contributed by atoms with Crippen molar-refractivity contribution >= 4 is 11.9 Å². The van der Waals surface area contributed by atoms with E-state index in [0.717, 1.165) is 30.4 Å². The van der Waals surface area contributed by atoms with Crippen molar-refractivity contribution in [3.63, 3.8) is 0 Å². The van der Waals surface area contributed by atoms with Gasteiger partial charge in [-0.15, -0.1) is 0 Å². The fourth-order valence-electron chi connectivity index (χ4n) is 1.81. The summed E-state index contributed by atoms with van der Waals surface area (Å²) in [5.41, 5.74) is 1.79. The average molecular weight is 204 g/mol. The van der Waals surface area contributed by atoms with E-state index >= 15 is 0 Å². The van der Waals surface area contributed by atoms with Crippen LogP contribution in [0.5, 0.6) is 0 Å². The van der Waals surface area contributed by atoms with Crippen molar-refractivity contribution < 1.29 is 9.18 Å². The number of benzene rings is 1. The van der Waals surface area contributed by atoms with E-state index in [1.165, 1.54) is 12.1 Å². The summed E-state index contributed by atoms with van der Waals surface area (Å²) in [5.74, 6) is -0.00213. The van der Waals surface area contributed by atoms with Gasteiger partial charge in [-0.3, -0.25) is 4.79 Å². The summed E-state index contributed by atoms with van der Waals surface area (Å²) in [5, 5.41) is 0. The molecule has 2 rings (SSSR count). The molecule has 0 amide bonds. The molecule has 0 atom stereocenters. The predicted octanol–water partition coefficient (Wildman–Crippen LogP) is 3.35. The molecule has 0 aliphatic heterocycles. The average Bonchev–Trinajstić information content (AvgIpc) is 2.25. The zero-order valence-corrected chi connectivity index (χ0v) is 8.50. The number of allylic oxidation sites excluding steroid dienone is 1. The van der Waals surface area contributed by atoms with Gasteiger partial charge in [0, 0.05) is 6.42 Å². The van der Waals surface area contributed by atoms with Crippen molar-refractivity contribution in [2.24, 2.45) is 0 Å². The summed E-state index contributed by atoms with van der Waals surface area (Å²) in [6.07, 6.45) is 5.47. The van der Waals surface area contributed by atoms with Gasteiger partial charge in [0.1, 0.15) is 5.82 Å². The van der Waals surface area contributed by atoms with Gasteiger partial charge in [0.2, 0.25) is 0 Å². The van der Waals surface area contributed by atoms with Crippen molar-refractivity contribution in [1.82, 2.24) is 0 Å². The molecule has 15 heavy (non-hydrogen) atoms. The van der Waals surface area contributed by atoms with Crippen LogP contribution < -0.4 is 0 Å². The van der Waals surface area contributed by atoms with Crippen LogP contribution in [0.15, 0.2) is 29.8 Å². The highest BCUT2D eigenvalue weighted by Crippen LogP contribution is 2.22. The maximum absolute atomic E-state index is 12.7. The molecule has 2 heteroatoms. The number of hydrogen-bond donors (Lipinski definition) is 0. The monoisotopic (exact) mass is 204 g/mol. The van der Waals surface area contributed by atoms with Crippen molar-refractivity contribution in [1.29, 1.82) is 0 Å². The highest BCUT2D eigenvalue weighted by Gasteiger charge is 2.14. The van der Waals surface area contributed by atoms with E-state index < -0.39 is 0 Å². The highest BCUT2D eigenvalue weighted by atomic mass is 19.1. The number of halogens is 1. The Labute approximate surface area is 88.6 Å². The lowest BCUT2D eigenvalue weighted by Gasteiger charge is -2.12. The molecule has 78 valence electrons. The maximum atomic E-state index is 12.7. The molecule has 1 aromatic rings. The van der Waals surface area contributed by atoms with Crippen LogP contribution in [0.3, 0.4) is 0 Å². The van der Waals surface area contributed by atoms with Crippen LogP contribution in [0.25, 0.3) is 6.08 Å². The minimum absolute atomic E-state index is 0.241. The molecule has 0 N–H and O–H groups in total. The molecule has 1 fully saturated rings. The molecule has 1 aromatic carbocycles. The molecule has 0 radical (unpaired) electrons. The number of ketones is 1. The summed E-state index contributed by atoms with van der Waals surface area (Å²) < 4.78 is 12.7. The Morgan fingerprint density at radius 2 is 1.73 bits per heavy atom. The number of Topliss-reactive ketones (excluding diaryl/α,β-unsaturated/α-hetero) is 1. The Morgan fingerprint density at radius 3 is 2.40 bits per heavy atom. The minimum atomic E-state index is -0.243. The van der Waals surface area contributed by atoms with Crippen LogP contribution in [-0.2, 0) is 4.79 Å². The lowest BCUT2D eigenvalue weighted by Crippen LogP contribution is -2.07. The molecule has 0 heterocycles. The minimum Gasteiger partial charge on any atom is -0.295 e. The van der Waals surface area contributed by atoms with Gasteiger partial charge in [-0.25, -0.2) is 4.39 Å². The number of carbonyl (C=O) groups is 1. The second kappa shape index (κ2) is 4.39. The van der Waals surface area contributed by atoms with Crippen LogP contribution in [0.4, 0.5) is 4.39 Å². The smallest absolute Gasteiger partial charge is 0.158 e. The first kappa shape index (κ1) is 10.1. The number of carbonyl (C=O) groups excluding carboxylic acids is 1. The van der Waals surface area contributed by atoms with Gasteiger partial charge < -0.3 is 0 Å². The summed E-state index contributed by atoms with van der Waals surface area (Å²) in [6, 6.07) is 6.23. The normalized spacial score (nSPS) is 19.5. The SMILES string of the molecule is O=C1CCCC/C1=C/c1ccc(F)cc1. The maximum Gasteiger partial charge on any atom is 0.158 e. The topological polar surface area (TPSA) is 17.1 Å². The fraction of sp³-hybridized carbons (Fsp3) is 0.308. The molecule has 0 spiro atoms. The van der Waals surface area contributed by atoms with Crippen LogP contribution in [-0.4, -0.2) is 5.78 Å². The Hall–Kier alpha value is -1.44. The quantitative estimate of drug-likeness (QED) is 0.641. The third kappa shape index (κ3) is 2.52. The summed E-state index contributed by atoms with van der Waals surface area (Å²) in [4.78, 5) is 11.5. The summed E-state index contributed by atoms with van der Waals surface area (Å²) >= 11 is 0. The van der Waals surface area contributed by atoms with Crippen molar-refractivity contribution in [3.8, 4) is 0 Å². The molecule has 0 unspecified atom stereocenters. The zero-order valence-electron chi connectivity index (χ0n) is 8.50. The highest BCUT2D eigenvalue weighted by molar-refractivity contribution is 6.00. The van der Waals surface area contributed by atoms with Gasteiger partial charge in [0.05, 0.1) is 0 Å². The van der Waals surface area contributed by atoms with Gasteiger partial charge in [0.25, 0.3) is 0 Å². The molecule has 0 aromatic heterocycles. The van der Waals surface area contributed by atoms with E-state index in [-0.39, 0.29) is 11.6 Å². The Bertz CT molecular complexity index is 390. The largest absolute Gasteiger partial charge is 0.295 e. The molecule has 1 aliphatic carbocycles. The van der Waals surface area contributed by atoms with Crippen LogP contribution in [0.1, 0.15) is 31.2 Å². The number of hydrogen-bond acceptors (Lipinski definition) is 1. The van der Waals surface area contributed by atoms with Crippen LogP contribution in [0.2, 0.25) is 0 Å². The van der Waals surface area contributed by atoms with Gasteiger partial charge >= 0.3 is 0 Å². The van der Waals surface area contributed by atoms with Crippen molar-refractivity contribution in [2.45, 2.75) is 25.7 Å². The van der Waals surface area contributed by atoms with Crippen molar-refractivity contribution in [2.75, 3.05) is 0 Å². The van der Waals surface area contributed by atoms with Gasteiger partial charge in [-0.1, -0.05) is 12.1 Å². The Kier molecular flexibility index (Phi) is 2.95. The standard InChI is InChI=1S/C13H13FO/c14-12-7-5-10(6-8-12)9-11-3-1-2-4-13(11)15/h5-9H,1-4H2/b11-9-. The van der Waals surface area contributed by atoms with Crippen molar-refractivity contribution in [3.05, 3.63) is 41.2 Å². The van der Waals surface area contributed by atoms with E-state index in [4.69, 9.17) is 0 Å². The number of rotatable bonds is 1. The van der Waals surface area contributed by atoms with E-state index in [9.17, 15) is 9.18 Å². The molecule has 1 nitrogen and oxygen atoms in total. The Balaban J connectivity index is 2.21.